The summed E-state index contributed by atoms with van der Waals surface area (Å²) in [5.74, 6) is 2.03. The average molecular weight is 514 g/mol. The molecule has 0 saturated carbocycles. The summed E-state index contributed by atoms with van der Waals surface area (Å²) in [6.07, 6.45) is 0.869. The molecule has 2 aromatic carbocycles. The maximum absolute atomic E-state index is 13.4. The summed E-state index contributed by atoms with van der Waals surface area (Å²) in [4.78, 5) is 12.0. The van der Waals surface area contributed by atoms with Gasteiger partial charge in [0.25, 0.3) is 0 Å². The van der Waals surface area contributed by atoms with Gasteiger partial charge in [-0.3, -0.25) is 0 Å². The molecule has 1 saturated heterocycles. The van der Waals surface area contributed by atoms with Gasteiger partial charge in [-0.15, -0.1) is 0 Å². The van der Waals surface area contributed by atoms with E-state index in [2.05, 4.69) is 37.1 Å². The van der Waals surface area contributed by atoms with E-state index in [4.69, 9.17) is 15.7 Å². The van der Waals surface area contributed by atoms with Crippen molar-refractivity contribution in [2.75, 3.05) is 29.0 Å². The Hall–Kier alpha value is -3.03. The summed E-state index contributed by atoms with van der Waals surface area (Å²) in [6.45, 7) is 12.3. The van der Waals surface area contributed by atoms with Gasteiger partial charge in [0.1, 0.15) is 11.6 Å². The van der Waals surface area contributed by atoms with Gasteiger partial charge in [0.05, 0.1) is 17.1 Å². The van der Waals surface area contributed by atoms with Crippen LogP contribution in [0.3, 0.4) is 0 Å². The molecule has 0 spiro atoms. The maximum atomic E-state index is 13.4. The number of alkyl halides is 3. The third-order valence-corrected chi connectivity index (χ3v) is 7.70. The van der Waals surface area contributed by atoms with E-state index >= 15 is 0 Å². The lowest BCUT2D eigenvalue weighted by atomic mass is 9.91. The topological polar surface area (TPSA) is 67.1 Å². The van der Waals surface area contributed by atoms with E-state index in [1.165, 1.54) is 36.1 Å². The fourth-order valence-corrected chi connectivity index (χ4v) is 5.60. The first kappa shape index (κ1) is 27.0. The van der Waals surface area contributed by atoms with E-state index in [1.807, 2.05) is 13.8 Å². The molecule has 1 fully saturated rings. The molecule has 0 amide bonds. The maximum Gasteiger partial charge on any atom is 0.416 e. The first-order valence-electron chi connectivity index (χ1n) is 13.4. The van der Waals surface area contributed by atoms with Crippen molar-refractivity contribution in [1.29, 1.82) is 0 Å². The number of nitrogens with zero attached hydrogens (tertiary/aromatic N) is 3. The summed E-state index contributed by atoms with van der Waals surface area (Å²) in [6, 6.07) is 5.45. The first-order valence-corrected chi connectivity index (χ1v) is 13.4. The fourth-order valence-electron chi connectivity index (χ4n) is 5.60. The van der Waals surface area contributed by atoms with Crippen molar-refractivity contribution in [1.82, 2.24) is 9.97 Å². The number of aromatic nitrogens is 2. The van der Waals surface area contributed by atoms with E-state index in [1.54, 1.807) is 6.07 Å². The van der Waals surface area contributed by atoms with Crippen LogP contribution >= 0.6 is 0 Å². The monoisotopic (exact) mass is 513 g/mol. The van der Waals surface area contributed by atoms with Crippen molar-refractivity contribution in [3.05, 3.63) is 52.3 Å². The van der Waals surface area contributed by atoms with Crippen molar-refractivity contribution < 1.29 is 13.2 Å². The molecule has 1 atom stereocenters. The van der Waals surface area contributed by atoms with Crippen LogP contribution in [0.2, 0.25) is 0 Å². The van der Waals surface area contributed by atoms with Gasteiger partial charge in [0, 0.05) is 29.9 Å². The van der Waals surface area contributed by atoms with Crippen LogP contribution in [0.15, 0.2) is 24.3 Å². The summed E-state index contributed by atoms with van der Waals surface area (Å²) < 4.78 is 40.3. The van der Waals surface area contributed by atoms with Crippen LogP contribution in [0.1, 0.15) is 81.1 Å². The molecule has 200 valence electrons. The van der Waals surface area contributed by atoms with Gasteiger partial charge in [-0.2, -0.15) is 13.2 Å². The molecule has 3 N–H and O–H groups in total. The molecule has 5 nitrogen and oxygen atoms in total. The summed E-state index contributed by atoms with van der Waals surface area (Å²) in [5.41, 5.74) is 10.3. The first-order chi connectivity index (χ1) is 17.5. The highest BCUT2D eigenvalue weighted by Gasteiger charge is 2.31. The number of aryl methyl sites for hydroxylation is 2. The number of nitrogens with one attached hydrogen (secondary N) is 1. The fraction of sp³-hybridized carbons (Fsp3) is 0.517. The summed E-state index contributed by atoms with van der Waals surface area (Å²) in [7, 11) is 0. The minimum Gasteiger partial charge on any atom is -0.399 e. The van der Waals surface area contributed by atoms with Crippen LogP contribution in [0.25, 0.3) is 10.9 Å². The summed E-state index contributed by atoms with van der Waals surface area (Å²) >= 11 is 0. The number of nitrogen functional groups attached to an aromatic ring is 1. The molecule has 1 aliphatic rings. The number of halogens is 3. The van der Waals surface area contributed by atoms with Gasteiger partial charge in [-0.1, -0.05) is 27.2 Å². The SMILES string of the molecule is CCc1c(N2CCC(CC)CC2)cc2c(N[C@H](C)c3cc(N)cc(C(F)(F)F)c3)nc(C)nc2c1CC. The highest BCUT2D eigenvalue weighted by Crippen LogP contribution is 2.38. The molecule has 37 heavy (non-hydrogen) atoms. The number of benzene rings is 2. The Bertz CT molecular complexity index is 1260. The van der Waals surface area contributed by atoms with E-state index in [0.717, 1.165) is 54.9 Å². The Morgan fingerprint density at radius 1 is 1.03 bits per heavy atom. The lowest BCUT2D eigenvalue weighted by molar-refractivity contribution is -0.137. The Kier molecular flexibility index (Phi) is 7.85. The van der Waals surface area contributed by atoms with Gasteiger partial charge in [-0.25, -0.2) is 9.97 Å². The number of hydrogen-bond donors (Lipinski definition) is 2. The van der Waals surface area contributed by atoms with Crippen molar-refractivity contribution in [3.63, 3.8) is 0 Å². The van der Waals surface area contributed by atoms with Crippen molar-refractivity contribution in [2.45, 2.75) is 78.9 Å². The third kappa shape index (κ3) is 5.63. The number of fused-ring (bicyclic) bond motifs is 1. The number of anilines is 3. The van der Waals surface area contributed by atoms with Gasteiger partial charge >= 0.3 is 6.18 Å². The summed E-state index contributed by atoms with van der Waals surface area (Å²) in [5, 5.41) is 4.29. The molecule has 8 heteroatoms. The Labute approximate surface area is 217 Å². The number of rotatable bonds is 7. The third-order valence-electron chi connectivity index (χ3n) is 7.70. The zero-order chi connectivity index (χ0) is 26.9. The van der Waals surface area contributed by atoms with Crippen LogP contribution in [0, 0.1) is 12.8 Å². The second-order valence-electron chi connectivity index (χ2n) is 10.2. The van der Waals surface area contributed by atoms with Crippen molar-refractivity contribution in [2.24, 2.45) is 5.92 Å². The normalized spacial score (nSPS) is 15.8. The van der Waals surface area contributed by atoms with Crippen molar-refractivity contribution in [3.8, 4) is 0 Å². The highest BCUT2D eigenvalue weighted by atomic mass is 19.4. The predicted molar refractivity (Wildman–Crippen MR) is 146 cm³/mol. The molecular weight excluding hydrogens is 475 g/mol. The standard InChI is InChI=1S/C29H38F3N5/c1-6-19-9-11-37(12-10-19)26-16-25-27(24(8-3)23(26)7-2)35-18(5)36-28(25)34-17(4)20-13-21(29(30,31)32)15-22(33)14-20/h13-17,19H,6-12,33H2,1-5H3,(H,34,35,36)/t17-/m1/s1. The van der Waals surface area contributed by atoms with E-state index < -0.39 is 17.8 Å². The highest BCUT2D eigenvalue weighted by molar-refractivity contribution is 5.96. The lowest BCUT2D eigenvalue weighted by Gasteiger charge is -2.35. The van der Waals surface area contributed by atoms with Gasteiger partial charge in [0.15, 0.2) is 0 Å². The smallest absolute Gasteiger partial charge is 0.399 e. The molecule has 0 unspecified atom stereocenters. The van der Waals surface area contributed by atoms with Crippen molar-refractivity contribution >= 4 is 28.1 Å². The van der Waals surface area contributed by atoms with E-state index in [-0.39, 0.29) is 5.69 Å². The molecule has 0 bridgehead atoms. The van der Waals surface area contributed by atoms with E-state index in [0.29, 0.717) is 17.2 Å². The molecule has 1 aliphatic heterocycles. The van der Waals surface area contributed by atoms with Crippen LogP contribution in [0.4, 0.5) is 30.4 Å². The number of nitrogens with two attached hydrogens (primary N) is 1. The zero-order valence-corrected chi connectivity index (χ0v) is 22.5. The largest absolute Gasteiger partial charge is 0.416 e. The molecule has 0 radical (unpaired) electrons. The predicted octanol–water partition coefficient (Wildman–Crippen LogP) is 7.46. The van der Waals surface area contributed by atoms with Crippen LogP contribution in [-0.2, 0) is 19.0 Å². The second kappa shape index (κ2) is 10.8. The average Bonchev–Trinajstić information content (AvgIpc) is 2.86. The number of piperidine rings is 1. The molecule has 0 aliphatic carbocycles. The Balaban J connectivity index is 1.80. The minimum atomic E-state index is -4.46. The minimum absolute atomic E-state index is 0.0841. The van der Waals surface area contributed by atoms with Gasteiger partial charge in [-0.05, 0) is 86.4 Å². The molecule has 3 aromatic rings. The Morgan fingerprint density at radius 2 is 1.70 bits per heavy atom. The van der Waals surface area contributed by atoms with Crippen LogP contribution in [0.5, 0.6) is 0 Å². The van der Waals surface area contributed by atoms with Gasteiger partial charge in [0.2, 0.25) is 0 Å². The molecular formula is C29H38F3N5. The van der Waals surface area contributed by atoms with E-state index in [9.17, 15) is 13.2 Å². The Morgan fingerprint density at radius 3 is 2.30 bits per heavy atom. The molecule has 2 heterocycles. The quantitative estimate of drug-likeness (QED) is 0.321. The molecule has 4 rings (SSSR count). The number of hydrogen-bond acceptors (Lipinski definition) is 5. The van der Waals surface area contributed by atoms with Gasteiger partial charge < -0.3 is 16.0 Å². The molecule has 1 aromatic heterocycles. The van der Waals surface area contributed by atoms with Crippen LogP contribution < -0.4 is 16.0 Å². The van der Waals surface area contributed by atoms with Crippen LogP contribution in [-0.4, -0.2) is 23.1 Å². The lowest BCUT2D eigenvalue weighted by Crippen LogP contribution is -2.34. The second-order valence-corrected chi connectivity index (χ2v) is 10.2. The zero-order valence-electron chi connectivity index (χ0n) is 22.5.